The molecule has 3 rings (SSSR count). The van der Waals surface area contributed by atoms with E-state index in [0.717, 1.165) is 30.7 Å². The molecule has 0 fully saturated rings. The van der Waals surface area contributed by atoms with Crippen molar-refractivity contribution >= 4 is 17.4 Å². The Morgan fingerprint density at radius 3 is 2.70 bits per heavy atom. The summed E-state index contributed by atoms with van der Waals surface area (Å²) in [4.78, 5) is 17.7. The Morgan fingerprint density at radius 2 is 2.00 bits per heavy atom. The fourth-order valence-corrected chi connectivity index (χ4v) is 4.06. The van der Waals surface area contributed by atoms with Gasteiger partial charge < -0.3 is 10.1 Å². The number of aromatic nitrogens is 2. The lowest BCUT2D eigenvalue weighted by molar-refractivity contribution is -0.153. The van der Waals surface area contributed by atoms with Crippen molar-refractivity contribution in [2.45, 2.75) is 43.4 Å². The van der Waals surface area contributed by atoms with Crippen LogP contribution in [0.1, 0.15) is 31.4 Å². The van der Waals surface area contributed by atoms with E-state index in [1.54, 1.807) is 12.1 Å². The molecule has 0 spiro atoms. The Morgan fingerprint density at radius 1 is 1.23 bits per heavy atom. The Kier molecular flexibility index (Phi) is 7.26. The Bertz CT molecular complexity index is 968. The number of thioether (sulfide) groups is 1. The standard InChI is InChI=1S/C20H21F3N4O2S/c21-20(22,23)13-29-15-7-5-14(6-8-15)27-18(28)17-16(9-11-25-17)26-19(27)30-12-4-2-1-3-10-24/h5-8,25H,1-4,9,11-13H2. The van der Waals surface area contributed by atoms with E-state index in [-0.39, 0.29) is 11.3 Å². The van der Waals surface area contributed by atoms with Crippen LogP contribution in [0.2, 0.25) is 0 Å². The molecule has 1 N–H and O–H groups in total. The third-order valence-electron chi connectivity index (χ3n) is 4.45. The first-order valence-corrected chi connectivity index (χ1v) is 10.6. The number of nitrogens with zero attached hydrogens (tertiary/aromatic N) is 3. The van der Waals surface area contributed by atoms with Gasteiger partial charge >= 0.3 is 6.18 Å². The minimum Gasteiger partial charge on any atom is -0.484 e. The summed E-state index contributed by atoms with van der Waals surface area (Å²) in [5, 5.41) is 12.2. The molecule has 0 unspecified atom stereocenters. The number of rotatable bonds is 9. The summed E-state index contributed by atoms with van der Waals surface area (Å²) in [5.41, 5.74) is 1.47. The second-order valence-electron chi connectivity index (χ2n) is 6.75. The Labute approximate surface area is 176 Å². The van der Waals surface area contributed by atoms with E-state index < -0.39 is 12.8 Å². The number of anilines is 1. The van der Waals surface area contributed by atoms with Gasteiger partial charge in [0.05, 0.1) is 17.5 Å². The maximum absolute atomic E-state index is 13.0. The highest BCUT2D eigenvalue weighted by Crippen LogP contribution is 2.26. The van der Waals surface area contributed by atoms with Gasteiger partial charge in [-0.25, -0.2) is 4.98 Å². The fraction of sp³-hybridized carbons (Fsp3) is 0.450. The summed E-state index contributed by atoms with van der Waals surface area (Å²) in [6.07, 6.45) is -0.566. The van der Waals surface area contributed by atoms with Gasteiger partial charge in [-0.2, -0.15) is 18.4 Å². The van der Waals surface area contributed by atoms with E-state index in [0.29, 0.717) is 35.9 Å². The molecule has 2 heterocycles. The van der Waals surface area contributed by atoms with Crippen molar-refractivity contribution in [2.75, 3.05) is 24.2 Å². The van der Waals surface area contributed by atoms with Crippen molar-refractivity contribution < 1.29 is 17.9 Å². The van der Waals surface area contributed by atoms with Gasteiger partial charge in [-0.1, -0.05) is 18.2 Å². The van der Waals surface area contributed by atoms with E-state index in [9.17, 15) is 18.0 Å². The van der Waals surface area contributed by atoms with Gasteiger partial charge in [-0.05, 0) is 37.1 Å². The number of nitrogens with one attached hydrogen (secondary N) is 1. The quantitative estimate of drug-likeness (QED) is 0.357. The van der Waals surface area contributed by atoms with Gasteiger partial charge in [-0.15, -0.1) is 0 Å². The first kappa shape index (κ1) is 22.0. The molecule has 160 valence electrons. The van der Waals surface area contributed by atoms with Crippen molar-refractivity contribution in [1.29, 1.82) is 5.26 Å². The molecule has 0 saturated heterocycles. The summed E-state index contributed by atoms with van der Waals surface area (Å²) in [7, 11) is 0. The van der Waals surface area contributed by atoms with Crippen LogP contribution < -0.4 is 15.6 Å². The lowest BCUT2D eigenvalue weighted by Crippen LogP contribution is -2.24. The number of fused-ring (bicyclic) bond motifs is 1. The van der Waals surface area contributed by atoms with Crippen LogP contribution in [0.5, 0.6) is 5.75 Å². The monoisotopic (exact) mass is 438 g/mol. The molecule has 0 aliphatic carbocycles. The maximum atomic E-state index is 13.0. The van der Waals surface area contributed by atoms with Crippen LogP contribution in [0.3, 0.4) is 0 Å². The SMILES string of the molecule is N#CCCCCCSc1nc2c(c(=O)n1-c1ccc(OCC(F)(F)F)cc1)NCC2. The highest BCUT2D eigenvalue weighted by atomic mass is 32.2. The maximum Gasteiger partial charge on any atom is 0.422 e. The predicted octanol–water partition coefficient (Wildman–Crippen LogP) is 4.32. The molecule has 10 heteroatoms. The number of unbranched alkanes of at least 4 members (excludes halogenated alkanes) is 3. The lowest BCUT2D eigenvalue weighted by atomic mass is 10.2. The molecule has 1 aliphatic heterocycles. The summed E-state index contributed by atoms with van der Waals surface area (Å²) in [6.45, 7) is -0.729. The first-order chi connectivity index (χ1) is 14.4. The number of halogens is 3. The zero-order valence-electron chi connectivity index (χ0n) is 16.2. The molecule has 0 saturated carbocycles. The fourth-order valence-electron chi connectivity index (χ4n) is 3.04. The van der Waals surface area contributed by atoms with E-state index in [1.807, 2.05) is 0 Å². The highest BCUT2D eigenvalue weighted by Gasteiger charge is 2.28. The summed E-state index contributed by atoms with van der Waals surface area (Å²) < 4.78 is 43.2. The second-order valence-corrected chi connectivity index (χ2v) is 7.81. The molecule has 1 aromatic heterocycles. The van der Waals surface area contributed by atoms with Crippen LogP contribution in [-0.4, -0.2) is 34.6 Å². The summed E-state index contributed by atoms with van der Waals surface area (Å²) in [5.74, 6) is 0.819. The van der Waals surface area contributed by atoms with Crippen LogP contribution >= 0.6 is 11.8 Å². The Balaban J connectivity index is 1.80. The van der Waals surface area contributed by atoms with E-state index >= 15 is 0 Å². The van der Waals surface area contributed by atoms with E-state index in [2.05, 4.69) is 16.4 Å². The number of alkyl halides is 3. The predicted molar refractivity (Wildman–Crippen MR) is 108 cm³/mol. The topological polar surface area (TPSA) is 79.9 Å². The van der Waals surface area contributed by atoms with Gasteiger partial charge in [0, 0.05) is 25.1 Å². The van der Waals surface area contributed by atoms with Gasteiger partial charge in [0.15, 0.2) is 11.8 Å². The molecule has 2 aromatic rings. The average Bonchev–Trinajstić information content (AvgIpc) is 3.18. The van der Waals surface area contributed by atoms with E-state index in [4.69, 9.17) is 10.00 Å². The third kappa shape index (κ3) is 5.69. The highest BCUT2D eigenvalue weighted by molar-refractivity contribution is 7.99. The summed E-state index contributed by atoms with van der Waals surface area (Å²) in [6, 6.07) is 8.03. The number of nitriles is 1. The van der Waals surface area contributed by atoms with Crippen molar-refractivity contribution in [3.63, 3.8) is 0 Å². The molecule has 1 aliphatic rings. The normalized spacial score (nSPS) is 12.9. The number of ether oxygens (including phenoxy) is 1. The largest absolute Gasteiger partial charge is 0.484 e. The van der Waals surface area contributed by atoms with Crippen molar-refractivity contribution in [2.24, 2.45) is 0 Å². The van der Waals surface area contributed by atoms with Gasteiger partial charge in [0.2, 0.25) is 0 Å². The molecule has 0 atom stereocenters. The van der Waals surface area contributed by atoms with Crippen molar-refractivity contribution in [1.82, 2.24) is 9.55 Å². The number of benzene rings is 1. The molecule has 0 amide bonds. The molecular weight excluding hydrogens is 417 g/mol. The minimum atomic E-state index is -4.41. The molecule has 30 heavy (non-hydrogen) atoms. The second kappa shape index (κ2) is 9.89. The zero-order valence-corrected chi connectivity index (χ0v) is 17.0. The molecular formula is C20H21F3N4O2S. The van der Waals surface area contributed by atoms with Crippen molar-refractivity contribution in [3.8, 4) is 17.5 Å². The van der Waals surface area contributed by atoms with Gasteiger partial charge in [0.1, 0.15) is 11.4 Å². The number of hydrogen-bond acceptors (Lipinski definition) is 6. The molecule has 6 nitrogen and oxygen atoms in total. The third-order valence-corrected chi connectivity index (χ3v) is 5.48. The van der Waals surface area contributed by atoms with Crippen LogP contribution in [0.15, 0.2) is 34.2 Å². The Hall–Kier alpha value is -2.67. The lowest BCUT2D eigenvalue weighted by Gasteiger charge is -2.15. The van der Waals surface area contributed by atoms with Crippen molar-refractivity contribution in [3.05, 3.63) is 40.3 Å². The van der Waals surface area contributed by atoms with Crippen LogP contribution in [0.25, 0.3) is 5.69 Å². The van der Waals surface area contributed by atoms with E-state index in [1.165, 1.54) is 28.5 Å². The molecule has 1 aromatic carbocycles. The van der Waals surface area contributed by atoms with Gasteiger partial charge in [-0.3, -0.25) is 9.36 Å². The number of hydrogen-bond donors (Lipinski definition) is 1. The van der Waals surface area contributed by atoms with Crippen LogP contribution in [-0.2, 0) is 6.42 Å². The first-order valence-electron chi connectivity index (χ1n) is 9.58. The van der Waals surface area contributed by atoms with Gasteiger partial charge in [0.25, 0.3) is 5.56 Å². The smallest absolute Gasteiger partial charge is 0.422 e. The zero-order chi connectivity index (χ0) is 21.6. The van der Waals surface area contributed by atoms with Crippen LogP contribution in [0.4, 0.5) is 18.9 Å². The molecule has 0 radical (unpaired) electrons. The summed E-state index contributed by atoms with van der Waals surface area (Å²) >= 11 is 1.46. The van der Waals surface area contributed by atoms with Crippen LogP contribution in [0, 0.1) is 11.3 Å². The molecule has 0 bridgehead atoms. The minimum absolute atomic E-state index is 0.0723. The average molecular weight is 438 g/mol.